The lowest BCUT2D eigenvalue weighted by Gasteiger charge is -2.29. The second-order valence-electron chi connectivity index (χ2n) is 10.5. The van der Waals surface area contributed by atoms with Crippen LogP contribution in [0.3, 0.4) is 0 Å². The SMILES string of the molecule is Cc1nc(N[C@H](C)c2cc(N)cc(C(F)(F)F)c2)c2cc([C@H]3CC[C@H](C(=O)C(C)CCO)CC3)ccc2n1. The molecule has 3 aromatic rings. The molecule has 38 heavy (non-hydrogen) atoms. The summed E-state index contributed by atoms with van der Waals surface area (Å²) in [5.41, 5.74) is 7.35. The van der Waals surface area contributed by atoms with Crippen molar-refractivity contribution in [3.63, 3.8) is 0 Å². The van der Waals surface area contributed by atoms with E-state index in [4.69, 9.17) is 10.8 Å². The Morgan fingerprint density at radius 3 is 2.47 bits per heavy atom. The van der Waals surface area contributed by atoms with Crippen LogP contribution >= 0.6 is 0 Å². The molecule has 1 aliphatic rings. The summed E-state index contributed by atoms with van der Waals surface area (Å²) in [6.07, 6.45) is -0.560. The van der Waals surface area contributed by atoms with E-state index in [1.165, 1.54) is 6.07 Å². The number of alkyl halides is 3. The first-order valence-corrected chi connectivity index (χ1v) is 13.1. The van der Waals surface area contributed by atoms with Gasteiger partial charge in [0.05, 0.1) is 17.1 Å². The average molecular weight is 529 g/mol. The second-order valence-corrected chi connectivity index (χ2v) is 10.5. The van der Waals surface area contributed by atoms with E-state index >= 15 is 0 Å². The predicted molar refractivity (Wildman–Crippen MR) is 143 cm³/mol. The lowest BCUT2D eigenvalue weighted by Crippen LogP contribution is -2.26. The van der Waals surface area contributed by atoms with E-state index < -0.39 is 17.8 Å². The highest BCUT2D eigenvalue weighted by atomic mass is 19.4. The predicted octanol–water partition coefficient (Wildman–Crippen LogP) is 6.57. The molecule has 4 N–H and O–H groups in total. The van der Waals surface area contributed by atoms with Crippen LogP contribution in [0.15, 0.2) is 36.4 Å². The molecule has 1 unspecified atom stereocenters. The minimum Gasteiger partial charge on any atom is -0.399 e. The Morgan fingerprint density at radius 2 is 1.82 bits per heavy atom. The minimum absolute atomic E-state index is 0.0248. The van der Waals surface area contributed by atoms with Gasteiger partial charge in [0, 0.05) is 29.5 Å². The number of carbonyl (C=O) groups excluding carboxylic acids is 1. The van der Waals surface area contributed by atoms with Crippen molar-refractivity contribution >= 4 is 28.2 Å². The maximum atomic E-state index is 13.3. The number of aryl methyl sites for hydroxylation is 1. The first kappa shape index (κ1) is 27.8. The van der Waals surface area contributed by atoms with Crippen molar-refractivity contribution in [3.8, 4) is 0 Å². The van der Waals surface area contributed by atoms with E-state index in [0.29, 0.717) is 29.5 Å². The first-order chi connectivity index (χ1) is 18.0. The third kappa shape index (κ3) is 6.26. The molecule has 9 heteroatoms. The van der Waals surface area contributed by atoms with Crippen molar-refractivity contribution in [1.82, 2.24) is 9.97 Å². The van der Waals surface area contributed by atoms with Crippen LogP contribution in [0, 0.1) is 18.8 Å². The molecule has 1 heterocycles. The number of aromatic nitrogens is 2. The molecule has 1 saturated carbocycles. The van der Waals surface area contributed by atoms with Crippen molar-refractivity contribution in [2.45, 2.75) is 71.0 Å². The van der Waals surface area contributed by atoms with Crippen LogP contribution in [0.1, 0.15) is 80.4 Å². The summed E-state index contributed by atoms with van der Waals surface area (Å²) < 4.78 is 40.0. The van der Waals surface area contributed by atoms with Crippen molar-refractivity contribution in [2.24, 2.45) is 11.8 Å². The lowest BCUT2D eigenvalue weighted by molar-refractivity contribution is -0.137. The van der Waals surface area contributed by atoms with Gasteiger partial charge >= 0.3 is 6.18 Å². The molecule has 6 nitrogen and oxygen atoms in total. The van der Waals surface area contributed by atoms with Crippen LogP contribution in [0.4, 0.5) is 24.7 Å². The molecule has 0 saturated heterocycles. The van der Waals surface area contributed by atoms with E-state index in [2.05, 4.69) is 27.4 Å². The van der Waals surface area contributed by atoms with E-state index in [9.17, 15) is 18.0 Å². The number of aliphatic hydroxyl groups is 1. The summed E-state index contributed by atoms with van der Waals surface area (Å²) in [6.45, 7) is 5.47. The number of nitrogens with zero attached hydrogens (tertiary/aromatic N) is 2. The zero-order valence-electron chi connectivity index (χ0n) is 22.0. The normalized spacial score (nSPS) is 19.8. The Balaban J connectivity index is 1.56. The van der Waals surface area contributed by atoms with Crippen molar-refractivity contribution in [3.05, 3.63) is 58.9 Å². The molecular weight excluding hydrogens is 493 g/mol. The smallest absolute Gasteiger partial charge is 0.399 e. The fraction of sp³-hybridized carbons (Fsp3) is 0.483. The van der Waals surface area contributed by atoms with E-state index in [1.54, 1.807) is 13.8 Å². The van der Waals surface area contributed by atoms with E-state index in [1.807, 2.05) is 13.0 Å². The Hall–Kier alpha value is -3.20. The van der Waals surface area contributed by atoms with E-state index in [0.717, 1.165) is 54.3 Å². The number of hydrogen-bond acceptors (Lipinski definition) is 6. The Morgan fingerprint density at radius 1 is 1.11 bits per heavy atom. The summed E-state index contributed by atoms with van der Waals surface area (Å²) in [5.74, 6) is 1.57. The number of Topliss-reactive ketones (excluding diaryl/α,β-unsaturated/α-hetero) is 1. The zero-order valence-corrected chi connectivity index (χ0v) is 22.0. The summed E-state index contributed by atoms with van der Waals surface area (Å²) in [4.78, 5) is 21.8. The van der Waals surface area contributed by atoms with Crippen LogP contribution in [0.2, 0.25) is 0 Å². The fourth-order valence-corrected chi connectivity index (χ4v) is 5.45. The van der Waals surface area contributed by atoms with Gasteiger partial charge in [0.1, 0.15) is 17.4 Å². The number of anilines is 2. The minimum atomic E-state index is -4.49. The van der Waals surface area contributed by atoms with Crippen LogP contribution in [-0.2, 0) is 11.0 Å². The maximum absolute atomic E-state index is 13.3. The quantitative estimate of drug-likeness (QED) is 0.286. The second kappa shape index (κ2) is 11.3. The molecule has 4 rings (SSSR count). The summed E-state index contributed by atoms with van der Waals surface area (Å²) in [6, 6.07) is 9.18. The summed E-state index contributed by atoms with van der Waals surface area (Å²) >= 11 is 0. The van der Waals surface area contributed by atoms with E-state index in [-0.39, 0.29) is 29.9 Å². The van der Waals surface area contributed by atoms with Gasteiger partial charge < -0.3 is 16.2 Å². The molecule has 0 bridgehead atoms. The van der Waals surface area contributed by atoms with Gasteiger partial charge in [0.2, 0.25) is 0 Å². The number of ketones is 1. The third-order valence-electron chi connectivity index (χ3n) is 7.64. The van der Waals surface area contributed by atoms with Gasteiger partial charge in [-0.1, -0.05) is 13.0 Å². The van der Waals surface area contributed by atoms with Gasteiger partial charge in [0.15, 0.2) is 0 Å². The number of aliphatic hydroxyl groups excluding tert-OH is 1. The fourth-order valence-electron chi connectivity index (χ4n) is 5.45. The molecule has 0 aliphatic heterocycles. The third-order valence-corrected chi connectivity index (χ3v) is 7.64. The topological polar surface area (TPSA) is 101 Å². The van der Waals surface area contributed by atoms with Crippen LogP contribution < -0.4 is 11.1 Å². The van der Waals surface area contributed by atoms with Gasteiger partial charge in [-0.25, -0.2) is 9.97 Å². The molecule has 0 amide bonds. The number of fused-ring (bicyclic) bond motifs is 1. The average Bonchev–Trinajstić information content (AvgIpc) is 2.87. The highest BCUT2D eigenvalue weighted by Gasteiger charge is 2.32. The Kier molecular flexibility index (Phi) is 8.25. The molecule has 1 aromatic heterocycles. The number of nitrogen functional groups attached to an aromatic ring is 1. The molecule has 1 aliphatic carbocycles. The van der Waals surface area contributed by atoms with Crippen molar-refractivity contribution in [1.29, 1.82) is 0 Å². The number of halogens is 3. The van der Waals surface area contributed by atoms with Crippen molar-refractivity contribution < 1.29 is 23.1 Å². The van der Waals surface area contributed by atoms with Crippen molar-refractivity contribution in [2.75, 3.05) is 17.7 Å². The molecule has 1 fully saturated rings. The number of nitrogens with two attached hydrogens (primary N) is 1. The number of nitrogens with one attached hydrogen (secondary N) is 1. The largest absolute Gasteiger partial charge is 0.416 e. The molecule has 2 aromatic carbocycles. The van der Waals surface area contributed by atoms with Crippen LogP contribution in [0.5, 0.6) is 0 Å². The summed E-state index contributed by atoms with van der Waals surface area (Å²) in [5, 5.41) is 13.2. The summed E-state index contributed by atoms with van der Waals surface area (Å²) in [7, 11) is 0. The van der Waals surface area contributed by atoms with Crippen LogP contribution in [0.25, 0.3) is 10.9 Å². The highest BCUT2D eigenvalue weighted by Crippen LogP contribution is 2.39. The maximum Gasteiger partial charge on any atom is 0.416 e. The Bertz CT molecular complexity index is 1300. The van der Waals surface area contributed by atoms with Crippen LogP contribution in [-0.4, -0.2) is 27.5 Å². The monoisotopic (exact) mass is 528 g/mol. The molecular formula is C29H35F3N4O2. The number of carbonyl (C=O) groups is 1. The standard InChI is InChI=1S/C29H35F3N4O2/c1-16(10-11-37)27(38)20-6-4-19(5-7-20)21-8-9-26-25(14-21)28(36-18(3)35-26)34-17(2)22-12-23(29(30,31)32)15-24(33)13-22/h8-9,12-17,19-20,37H,4-7,10-11,33H2,1-3H3,(H,34,35,36)/t16?,17-,19-,20-/m1/s1. The van der Waals surface area contributed by atoms with Gasteiger partial charge in [-0.3, -0.25) is 4.79 Å². The Labute approximate surface area is 220 Å². The number of benzene rings is 2. The lowest BCUT2D eigenvalue weighted by atomic mass is 9.75. The first-order valence-electron chi connectivity index (χ1n) is 13.1. The molecule has 0 spiro atoms. The highest BCUT2D eigenvalue weighted by molar-refractivity contribution is 5.90. The number of hydrogen-bond donors (Lipinski definition) is 3. The molecule has 204 valence electrons. The van der Waals surface area contributed by atoms with Gasteiger partial charge in [-0.15, -0.1) is 0 Å². The molecule has 2 atom stereocenters. The number of rotatable bonds is 8. The van der Waals surface area contributed by atoms with Gasteiger partial charge in [0.25, 0.3) is 0 Å². The molecule has 0 radical (unpaired) electrons. The van der Waals surface area contributed by atoms with Gasteiger partial charge in [-0.2, -0.15) is 13.2 Å². The van der Waals surface area contributed by atoms with Gasteiger partial charge in [-0.05, 0) is 93.3 Å². The zero-order chi connectivity index (χ0) is 27.6.